The van der Waals surface area contributed by atoms with Gasteiger partial charge in [0.05, 0.1) is 30.5 Å². The summed E-state index contributed by atoms with van der Waals surface area (Å²) in [5.74, 6) is 1.17. The van der Waals surface area contributed by atoms with E-state index in [4.69, 9.17) is 25.5 Å². The standard InChI is InChI=1S/C26H28ClN3O8S2/c1-15-9-12-21(38-15)26-29-28-23(30(26)24-19(36-3)7-6-8-20(24)37-4)14-40(34,35)16(2)25(31)18-11-10-17(27)13-22(18)39(5,32)33/h6-13,16,25,31H,14H2,1-5H3/t16-,25+/m0/s1. The van der Waals surface area contributed by atoms with Gasteiger partial charge in [-0.25, -0.2) is 16.8 Å². The van der Waals surface area contributed by atoms with E-state index in [1.807, 2.05) is 0 Å². The second-order valence-corrected chi connectivity index (χ2v) is 13.9. The maximum Gasteiger partial charge on any atom is 0.204 e. The molecule has 0 aliphatic rings. The van der Waals surface area contributed by atoms with Gasteiger partial charge in [0.15, 0.2) is 31.3 Å². The van der Waals surface area contributed by atoms with Crippen molar-refractivity contribution in [2.75, 3.05) is 20.5 Å². The third-order valence-corrected chi connectivity index (χ3v) is 9.79. The molecule has 1 N–H and O–H groups in total. The molecular weight excluding hydrogens is 582 g/mol. The predicted octanol–water partition coefficient (Wildman–Crippen LogP) is 3.95. The normalized spacial score (nSPS) is 13.7. The summed E-state index contributed by atoms with van der Waals surface area (Å²) >= 11 is 5.97. The van der Waals surface area contributed by atoms with Crippen molar-refractivity contribution >= 4 is 31.3 Å². The van der Waals surface area contributed by atoms with E-state index in [0.717, 1.165) is 6.26 Å². The molecule has 2 aromatic heterocycles. The van der Waals surface area contributed by atoms with Crippen molar-refractivity contribution in [1.82, 2.24) is 14.8 Å². The molecule has 0 saturated heterocycles. The van der Waals surface area contributed by atoms with Crippen molar-refractivity contribution in [3.63, 3.8) is 0 Å². The minimum Gasteiger partial charge on any atom is -0.494 e. The van der Waals surface area contributed by atoms with Crippen LogP contribution in [0.25, 0.3) is 17.3 Å². The number of rotatable bonds is 10. The van der Waals surface area contributed by atoms with Crippen LogP contribution >= 0.6 is 11.6 Å². The second-order valence-electron chi connectivity index (χ2n) is 9.11. The fraction of sp³-hybridized carbons (Fsp3) is 0.308. The molecule has 0 saturated carbocycles. The Morgan fingerprint density at radius 2 is 1.68 bits per heavy atom. The molecule has 11 nitrogen and oxygen atoms in total. The number of ether oxygens (including phenoxy) is 2. The molecule has 14 heteroatoms. The van der Waals surface area contributed by atoms with Gasteiger partial charge in [0, 0.05) is 16.8 Å². The Labute approximate surface area is 237 Å². The summed E-state index contributed by atoms with van der Waals surface area (Å²) in [6, 6.07) is 12.3. The molecule has 214 valence electrons. The van der Waals surface area contributed by atoms with Crippen LogP contribution in [-0.2, 0) is 25.4 Å². The van der Waals surface area contributed by atoms with Gasteiger partial charge in [-0.05, 0) is 50.2 Å². The Kier molecular flexibility index (Phi) is 8.31. The van der Waals surface area contributed by atoms with Crippen LogP contribution in [0.1, 0.15) is 30.2 Å². The summed E-state index contributed by atoms with van der Waals surface area (Å²) in [4.78, 5) is -0.257. The van der Waals surface area contributed by atoms with Crippen LogP contribution in [0.3, 0.4) is 0 Å². The number of hydrogen-bond donors (Lipinski definition) is 1. The molecule has 0 aliphatic heterocycles. The number of sulfone groups is 2. The first-order valence-corrected chi connectivity index (χ1v) is 15.9. The van der Waals surface area contributed by atoms with Gasteiger partial charge in [0.25, 0.3) is 0 Å². The Balaban J connectivity index is 1.83. The molecule has 2 atom stereocenters. The quantitative estimate of drug-likeness (QED) is 0.280. The molecule has 2 heterocycles. The lowest BCUT2D eigenvalue weighted by Gasteiger charge is -2.22. The number of nitrogens with zero attached hydrogens (tertiary/aromatic N) is 3. The zero-order valence-corrected chi connectivity index (χ0v) is 24.7. The van der Waals surface area contributed by atoms with E-state index < -0.39 is 36.8 Å². The Morgan fingerprint density at radius 3 is 2.23 bits per heavy atom. The van der Waals surface area contributed by atoms with Crippen LogP contribution in [0, 0.1) is 6.92 Å². The molecule has 0 bridgehead atoms. The second kappa shape index (κ2) is 11.2. The van der Waals surface area contributed by atoms with Gasteiger partial charge in [-0.3, -0.25) is 4.57 Å². The maximum absolute atomic E-state index is 13.7. The zero-order valence-electron chi connectivity index (χ0n) is 22.3. The molecule has 40 heavy (non-hydrogen) atoms. The number of aryl methyl sites for hydroxylation is 1. The van der Waals surface area contributed by atoms with Crippen molar-refractivity contribution in [3.8, 4) is 28.8 Å². The molecular formula is C26H28ClN3O8S2. The molecule has 0 aliphatic carbocycles. The predicted molar refractivity (Wildman–Crippen MR) is 149 cm³/mol. The average Bonchev–Trinajstić information content (AvgIpc) is 3.51. The van der Waals surface area contributed by atoms with Crippen molar-refractivity contribution in [3.05, 3.63) is 70.7 Å². The third kappa shape index (κ3) is 5.73. The summed E-state index contributed by atoms with van der Waals surface area (Å²) in [6.45, 7) is 3.05. The first-order chi connectivity index (χ1) is 18.8. The molecule has 0 fully saturated rings. The lowest BCUT2D eigenvalue weighted by molar-refractivity contribution is 0.173. The third-order valence-electron chi connectivity index (χ3n) is 6.35. The number of halogens is 1. The molecule has 4 rings (SSSR count). The van der Waals surface area contributed by atoms with Crippen molar-refractivity contribution in [2.45, 2.75) is 35.8 Å². The molecule has 4 aromatic rings. The highest BCUT2D eigenvalue weighted by molar-refractivity contribution is 7.91. The average molecular weight is 610 g/mol. The number of aliphatic hydroxyl groups excluding tert-OH is 1. The van der Waals surface area contributed by atoms with Gasteiger partial charge in [0.1, 0.15) is 28.7 Å². The number of hydrogen-bond acceptors (Lipinski definition) is 10. The van der Waals surface area contributed by atoms with Crippen LogP contribution in [-0.4, -0.2) is 62.4 Å². The number of furan rings is 1. The first-order valence-electron chi connectivity index (χ1n) is 11.9. The van der Waals surface area contributed by atoms with E-state index in [2.05, 4.69) is 10.2 Å². The fourth-order valence-electron chi connectivity index (χ4n) is 4.25. The van der Waals surface area contributed by atoms with Crippen LogP contribution in [0.2, 0.25) is 5.02 Å². The van der Waals surface area contributed by atoms with Crippen LogP contribution in [0.5, 0.6) is 11.5 Å². The number of aromatic nitrogens is 3. The highest BCUT2D eigenvalue weighted by Crippen LogP contribution is 2.38. The van der Waals surface area contributed by atoms with Gasteiger partial charge < -0.3 is 19.0 Å². The topological polar surface area (TPSA) is 151 Å². The van der Waals surface area contributed by atoms with E-state index in [1.165, 1.54) is 43.9 Å². The lowest BCUT2D eigenvalue weighted by atomic mass is 10.1. The number of aliphatic hydroxyl groups is 1. The summed E-state index contributed by atoms with van der Waals surface area (Å²) in [7, 11) is -5.09. The highest BCUT2D eigenvalue weighted by Gasteiger charge is 2.35. The van der Waals surface area contributed by atoms with Gasteiger partial charge >= 0.3 is 0 Å². The maximum atomic E-state index is 13.7. The minimum absolute atomic E-state index is 0.00894. The fourth-order valence-corrected chi connectivity index (χ4v) is 6.79. The van der Waals surface area contributed by atoms with Crippen molar-refractivity contribution < 1.29 is 35.8 Å². The number of para-hydroxylation sites is 1. The van der Waals surface area contributed by atoms with Gasteiger partial charge in [0.2, 0.25) is 5.82 Å². The SMILES string of the molecule is COc1cccc(OC)c1-n1c(CS(=O)(=O)[C@@H](C)[C@@H](O)c2ccc(Cl)cc2S(C)(=O)=O)nnc1-c1ccc(C)o1. The monoisotopic (exact) mass is 609 g/mol. The van der Waals surface area contributed by atoms with Crippen molar-refractivity contribution in [1.29, 1.82) is 0 Å². The van der Waals surface area contributed by atoms with Crippen LogP contribution < -0.4 is 9.47 Å². The summed E-state index contributed by atoms with van der Waals surface area (Å²) in [6.07, 6.45) is -0.731. The van der Waals surface area contributed by atoms with E-state index in [0.29, 0.717) is 28.7 Å². The lowest BCUT2D eigenvalue weighted by Crippen LogP contribution is -2.28. The number of methoxy groups -OCH3 is 2. The summed E-state index contributed by atoms with van der Waals surface area (Å²) < 4.78 is 70.4. The van der Waals surface area contributed by atoms with Gasteiger partial charge in [-0.2, -0.15) is 0 Å². The van der Waals surface area contributed by atoms with Gasteiger partial charge in [-0.15, -0.1) is 10.2 Å². The zero-order chi connectivity index (χ0) is 29.4. The Bertz CT molecular complexity index is 1740. The molecule has 0 spiro atoms. The first kappa shape index (κ1) is 29.6. The molecule has 0 unspecified atom stereocenters. The van der Waals surface area contributed by atoms with Crippen LogP contribution in [0.4, 0.5) is 0 Å². The summed E-state index contributed by atoms with van der Waals surface area (Å²) in [5.41, 5.74) is 0.264. The highest BCUT2D eigenvalue weighted by atomic mass is 35.5. The van der Waals surface area contributed by atoms with E-state index in [1.54, 1.807) is 37.3 Å². The van der Waals surface area contributed by atoms with Crippen LogP contribution in [0.15, 0.2) is 57.8 Å². The van der Waals surface area contributed by atoms with E-state index >= 15 is 0 Å². The smallest absolute Gasteiger partial charge is 0.204 e. The van der Waals surface area contributed by atoms with Gasteiger partial charge in [-0.1, -0.05) is 23.7 Å². The molecule has 0 radical (unpaired) electrons. The van der Waals surface area contributed by atoms with E-state index in [9.17, 15) is 21.9 Å². The number of benzene rings is 2. The Hall–Kier alpha value is -3.39. The molecule has 2 aromatic carbocycles. The molecule has 0 amide bonds. The van der Waals surface area contributed by atoms with E-state index in [-0.39, 0.29) is 27.1 Å². The largest absolute Gasteiger partial charge is 0.494 e. The van der Waals surface area contributed by atoms with Crippen molar-refractivity contribution in [2.24, 2.45) is 0 Å². The minimum atomic E-state index is -4.18. The summed E-state index contributed by atoms with van der Waals surface area (Å²) in [5, 5.41) is 18.2. The Morgan fingerprint density at radius 1 is 1.02 bits per heavy atom.